The first-order valence-electron chi connectivity index (χ1n) is 5.30. The van der Waals surface area contributed by atoms with Gasteiger partial charge in [0, 0.05) is 12.1 Å². The van der Waals surface area contributed by atoms with E-state index in [-0.39, 0.29) is 10.0 Å². The molecule has 0 aliphatic heterocycles. The fraction of sp³-hybridized carbons (Fsp3) is 0.0833. The zero-order valence-corrected chi connectivity index (χ0v) is 12.0. The second-order valence-electron chi connectivity index (χ2n) is 3.75. The highest BCUT2D eigenvalue weighted by Crippen LogP contribution is 2.18. The lowest BCUT2D eigenvalue weighted by atomic mass is 10.2. The molecule has 1 heterocycles. The summed E-state index contributed by atoms with van der Waals surface area (Å²) >= 11 is 11.4. The fourth-order valence-electron chi connectivity index (χ4n) is 1.44. The summed E-state index contributed by atoms with van der Waals surface area (Å²) in [4.78, 5) is 3.94. The molecule has 0 spiro atoms. The van der Waals surface area contributed by atoms with Crippen molar-refractivity contribution in [3.05, 3.63) is 53.3 Å². The van der Waals surface area contributed by atoms with E-state index in [1.54, 1.807) is 12.1 Å². The number of benzene rings is 1. The van der Waals surface area contributed by atoms with Crippen LogP contribution >= 0.6 is 23.2 Å². The Labute approximate surface area is 121 Å². The van der Waals surface area contributed by atoms with E-state index in [4.69, 9.17) is 23.2 Å². The number of halogens is 2. The topological polar surface area (TPSA) is 59.1 Å². The Morgan fingerprint density at radius 2 is 1.84 bits per heavy atom. The Bertz CT molecular complexity index is 672. The average molecular weight is 317 g/mol. The van der Waals surface area contributed by atoms with Crippen LogP contribution in [0.25, 0.3) is 0 Å². The molecule has 2 rings (SSSR count). The second-order valence-corrected chi connectivity index (χ2v) is 6.09. The Kier molecular flexibility index (Phi) is 4.29. The van der Waals surface area contributed by atoms with E-state index in [0.717, 1.165) is 5.56 Å². The summed E-state index contributed by atoms with van der Waals surface area (Å²) in [5.41, 5.74) is 1.22. The molecule has 1 aromatic heterocycles. The summed E-state index contributed by atoms with van der Waals surface area (Å²) in [5.74, 6) is 0.341. The van der Waals surface area contributed by atoms with Crippen molar-refractivity contribution >= 4 is 38.9 Å². The van der Waals surface area contributed by atoms with Gasteiger partial charge in [0.1, 0.15) is 5.15 Å². The molecule has 19 heavy (non-hydrogen) atoms. The van der Waals surface area contributed by atoms with Crippen LogP contribution in [-0.2, 0) is 15.9 Å². The minimum absolute atomic E-state index is 0.161. The normalized spacial score (nSPS) is 11.3. The lowest BCUT2D eigenvalue weighted by Gasteiger charge is -2.08. The van der Waals surface area contributed by atoms with Crippen molar-refractivity contribution in [2.24, 2.45) is 0 Å². The summed E-state index contributed by atoms with van der Waals surface area (Å²) < 4.78 is 26.6. The van der Waals surface area contributed by atoms with E-state index in [1.165, 1.54) is 30.5 Å². The number of pyridine rings is 1. The number of sulfonamides is 1. The van der Waals surface area contributed by atoms with Gasteiger partial charge in [-0.2, -0.15) is 0 Å². The van der Waals surface area contributed by atoms with Gasteiger partial charge in [-0.05, 0) is 29.8 Å². The van der Waals surface area contributed by atoms with Crippen LogP contribution in [0.4, 0.5) is 5.69 Å². The predicted molar refractivity (Wildman–Crippen MR) is 76.1 cm³/mol. The number of aromatic nitrogens is 1. The summed E-state index contributed by atoms with van der Waals surface area (Å²) in [6, 6.07) is 9.30. The summed E-state index contributed by atoms with van der Waals surface area (Å²) in [5, 5.41) is 0.220. The third-order valence-electron chi connectivity index (χ3n) is 2.37. The van der Waals surface area contributed by atoms with E-state index in [0.29, 0.717) is 11.6 Å². The maximum absolute atomic E-state index is 12.1. The van der Waals surface area contributed by atoms with E-state index in [9.17, 15) is 8.42 Å². The Morgan fingerprint density at radius 3 is 2.42 bits per heavy atom. The average Bonchev–Trinajstić information content (AvgIpc) is 2.38. The largest absolute Gasteiger partial charge is 0.279 e. The molecule has 0 amide bonds. The number of rotatable bonds is 4. The summed E-state index contributed by atoms with van der Waals surface area (Å²) in [7, 11) is -3.63. The maximum Gasteiger partial charge on any atom is 0.261 e. The zero-order valence-electron chi connectivity index (χ0n) is 9.68. The molecule has 0 saturated carbocycles. The molecule has 7 heteroatoms. The summed E-state index contributed by atoms with van der Waals surface area (Å²) in [6.45, 7) is 0. The van der Waals surface area contributed by atoms with E-state index in [1.807, 2.05) is 0 Å². The minimum Gasteiger partial charge on any atom is -0.279 e. The monoisotopic (exact) mass is 316 g/mol. The maximum atomic E-state index is 12.1. The number of anilines is 1. The van der Waals surface area contributed by atoms with Gasteiger partial charge < -0.3 is 0 Å². The van der Waals surface area contributed by atoms with E-state index >= 15 is 0 Å². The summed E-state index contributed by atoms with van der Waals surface area (Å²) in [6.07, 6.45) is 1.43. The Balaban J connectivity index is 2.27. The second kappa shape index (κ2) is 5.77. The molecule has 0 saturated heterocycles. The quantitative estimate of drug-likeness (QED) is 0.695. The molecule has 1 N–H and O–H groups in total. The molecular formula is C12H10Cl2N2O2S. The molecule has 1 aromatic carbocycles. The van der Waals surface area contributed by atoms with Gasteiger partial charge in [-0.1, -0.05) is 23.7 Å². The smallest absolute Gasteiger partial charge is 0.261 e. The highest BCUT2D eigenvalue weighted by molar-refractivity contribution is 7.92. The van der Waals surface area contributed by atoms with Gasteiger partial charge in [-0.25, -0.2) is 13.4 Å². The van der Waals surface area contributed by atoms with Crippen molar-refractivity contribution in [2.45, 2.75) is 10.8 Å². The molecule has 0 aliphatic carbocycles. The number of hydrogen-bond acceptors (Lipinski definition) is 3. The standard InChI is InChI=1S/C12H10Cl2N2O2S/c13-8-9-1-3-11(4-2-9)19(17,18)16-10-5-6-15-12(14)7-10/h1-7H,8H2,(H,15,16). The number of nitrogens with zero attached hydrogens (tertiary/aromatic N) is 1. The van der Waals surface area contributed by atoms with Gasteiger partial charge in [0.15, 0.2) is 0 Å². The molecule has 0 atom stereocenters. The van der Waals surface area contributed by atoms with Crippen LogP contribution in [0.5, 0.6) is 0 Å². The molecule has 0 radical (unpaired) electrons. The molecule has 0 fully saturated rings. The van der Waals surface area contributed by atoms with Crippen LogP contribution < -0.4 is 4.72 Å². The number of nitrogens with one attached hydrogen (secondary N) is 1. The Hall–Kier alpha value is -1.30. The van der Waals surface area contributed by atoms with E-state index < -0.39 is 10.0 Å². The molecule has 0 bridgehead atoms. The minimum atomic E-state index is -3.63. The van der Waals surface area contributed by atoms with Gasteiger partial charge in [0.05, 0.1) is 10.6 Å². The van der Waals surface area contributed by atoms with Gasteiger partial charge in [0.25, 0.3) is 10.0 Å². The molecule has 0 unspecified atom stereocenters. The van der Waals surface area contributed by atoms with E-state index in [2.05, 4.69) is 9.71 Å². The van der Waals surface area contributed by atoms with Crippen LogP contribution in [-0.4, -0.2) is 13.4 Å². The van der Waals surface area contributed by atoms with Crippen LogP contribution in [0.3, 0.4) is 0 Å². The zero-order chi connectivity index (χ0) is 13.9. The third-order valence-corrected chi connectivity index (χ3v) is 4.28. The third kappa shape index (κ3) is 3.59. The van der Waals surface area contributed by atoms with Crippen LogP contribution in [0, 0.1) is 0 Å². The lowest BCUT2D eigenvalue weighted by Crippen LogP contribution is -2.12. The first-order valence-corrected chi connectivity index (χ1v) is 7.70. The number of alkyl halides is 1. The molecule has 2 aromatic rings. The van der Waals surface area contributed by atoms with Crippen LogP contribution in [0.2, 0.25) is 5.15 Å². The van der Waals surface area contributed by atoms with Crippen molar-refractivity contribution in [2.75, 3.05) is 4.72 Å². The highest BCUT2D eigenvalue weighted by Gasteiger charge is 2.14. The molecular weight excluding hydrogens is 307 g/mol. The fourth-order valence-corrected chi connectivity index (χ4v) is 2.84. The molecule has 100 valence electrons. The van der Waals surface area contributed by atoms with Gasteiger partial charge in [0.2, 0.25) is 0 Å². The SMILES string of the molecule is O=S(=O)(Nc1ccnc(Cl)c1)c1ccc(CCl)cc1. The first-order chi connectivity index (χ1) is 9.01. The van der Waals surface area contributed by atoms with Crippen LogP contribution in [0.15, 0.2) is 47.5 Å². The van der Waals surface area contributed by atoms with Gasteiger partial charge >= 0.3 is 0 Å². The van der Waals surface area contributed by atoms with Crippen LogP contribution in [0.1, 0.15) is 5.56 Å². The molecule has 4 nitrogen and oxygen atoms in total. The van der Waals surface area contributed by atoms with Crippen molar-refractivity contribution in [3.63, 3.8) is 0 Å². The molecule has 0 aliphatic rings. The van der Waals surface area contributed by atoms with Crippen molar-refractivity contribution < 1.29 is 8.42 Å². The van der Waals surface area contributed by atoms with Crippen molar-refractivity contribution in [1.82, 2.24) is 4.98 Å². The lowest BCUT2D eigenvalue weighted by molar-refractivity contribution is 0.601. The highest BCUT2D eigenvalue weighted by atomic mass is 35.5. The van der Waals surface area contributed by atoms with Gasteiger partial charge in [-0.3, -0.25) is 4.72 Å². The predicted octanol–water partition coefficient (Wildman–Crippen LogP) is 3.27. The van der Waals surface area contributed by atoms with Crippen molar-refractivity contribution in [3.8, 4) is 0 Å². The van der Waals surface area contributed by atoms with Crippen molar-refractivity contribution in [1.29, 1.82) is 0 Å². The first kappa shape index (κ1) is 14.1. The van der Waals surface area contributed by atoms with Gasteiger partial charge in [-0.15, -0.1) is 11.6 Å². The Morgan fingerprint density at radius 1 is 1.16 bits per heavy atom. The number of hydrogen-bond donors (Lipinski definition) is 1.